The molecule has 2 atom stereocenters. The lowest BCUT2D eigenvalue weighted by molar-refractivity contribution is -0.605. The predicted molar refractivity (Wildman–Crippen MR) is 87.4 cm³/mol. The van der Waals surface area contributed by atoms with Gasteiger partial charge in [-0.05, 0) is 31.9 Å². The molecule has 1 aliphatic rings. The minimum absolute atomic E-state index is 0.0206. The van der Waals surface area contributed by atoms with Crippen LogP contribution in [0.4, 0.5) is 5.69 Å². The van der Waals surface area contributed by atoms with Gasteiger partial charge in [-0.15, -0.1) is 0 Å². The summed E-state index contributed by atoms with van der Waals surface area (Å²) in [7, 11) is 0. The van der Waals surface area contributed by atoms with E-state index in [4.69, 9.17) is 4.74 Å². The van der Waals surface area contributed by atoms with E-state index in [-0.39, 0.29) is 17.5 Å². The van der Waals surface area contributed by atoms with Crippen molar-refractivity contribution in [2.75, 3.05) is 4.90 Å². The fourth-order valence-corrected chi connectivity index (χ4v) is 2.93. The fraction of sp³-hybridized carbons (Fsp3) is 0.278. The Morgan fingerprint density at radius 1 is 1.25 bits per heavy atom. The molecule has 0 saturated heterocycles. The monoisotopic (exact) mass is 326 g/mol. The van der Waals surface area contributed by atoms with Crippen molar-refractivity contribution in [3.05, 3.63) is 65.1 Å². The number of benzene rings is 1. The van der Waals surface area contributed by atoms with Crippen LogP contribution in [0, 0.1) is 5.21 Å². The van der Waals surface area contributed by atoms with Gasteiger partial charge >= 0.3 is 5.97 Å². The van der Waals surface area contributed by atoms with Crippen molar-refractivity contribution in [3.63, 3.8) is 0 Å². The minimum atomic E-state index is -0.911. The van der Waals surface area contributed by atoms with Crippen molar-refractivity contribution in [2.24, 2.45) is 0 Å². The molecule has 0 fully saturated rings. The molecule has 1 amide bonds. The summed E-state index contributed by atoms with van der Waals surface area (Å²) in [6.07, 6.45) is 2.29. The molecule has 1 aromatic heterocycles. The number of nitrogens with zero attached hydrogens (tertiary/aromatic N) is 2. The second-order valence-corrected chi connectivity index (χ2v) is 5.88. The number of para-hydroxylation sites is 1. The largest absolute Gasteiger partial charge is 0.619 e. The molecule has 0 saturated carbocycles. The van der Waals surface area contributed by atoms with Gasteiger partial charge in [0.2, 0.25) is 0 Å². The summed E-state index contributed by atoms with van der Waals surface area (Å²) in [5.41, 5.74) is 2.21. The van der Waals surface area contributed by atoms with E-state index in [1.54, 1.807) is 11.8 Å². The summed E-state index contributed by atoms with van der Waals surface area (Å²) in [5.74, 6) is -0.882. The third kappa shape index (κ3) is 2.95. The molecule has 1 aliphatic heterocycles. The van der Waals surface area contributed by atoms with Gasteiger partial charge in [-0.25, -0.2) is 4.79 Å². The first kappa shape index (κ1) is 16.0. The Balaban J connectivity index is 1.73. The van der Waals surface area contributed by atoms with E-state index in [9.17, 15) is 14.8 Å². The van der Waals surface area contributed by atoms with Gasteiger partial charge in [0.25, 0.3) is 5.91 Å². The molecule has 2 aromatic rings. The highest BCUT2D eigenvalue weighted by molar-refractivity contribution is 6.00. The van der Waals surface area contributed by atoms with Crippen molar-refractivity contribution in [2.45, 2.75) is 32.4 Å². The number of amides is 1. The number of carbonyl (C=O) groups excluding carboxylic acids is 2. The van der Waals surface area contributed by atoms with E-state index in [0.717, 1.165) is 17.7 Å². The first-order valence-corrected chi connectivity index (χ1v) is 7.78. The lowest BCUT2D eigenvalue weighted by atomic mass is 10.1. The molecule has 2 heterocycles. The number of anilines is 1. The molecule has 6 heteroatoms. The molecule has 0 spiro atoms. The Kier molecular flexibility index (Phi) is 4.20. The average Bonchev–Trinajstić information content (AvgIpc) is 2.90. The zero-order chi connectivity index (χ0) is 17.3. The number of carbonyl (C=O) groups is 2. The van der Waals surface area contributed by atoms with Crippen LogP contribution in [0.1, 0.15) is 29.8 Å². The van der Waals surface area contributed by atoms with E-state index >= 15 is 0 Å². The molecule has 0 aliphatic carbocycles. The van der Waals surface area contributed by atoms with Gasteiger partial charge in [-0.1, -0.05) is 18.2 Å². The second kappa shape index (κ2) is 6.31. The summed E-state index contributed by atoms with van der Waals surface area (Å²) < 4.78 is 5.85. The molecule has 0 bridgehead atoms. The standard InChI is InChI=1S/C18H18N2O4/c1-12-11-15-5-3-4-6-16(15)20(12)17(21)13(2)24-18(22)14-7-9-19(23)10-8-14/h3-10,12-13H,11H2,1-2H3/t12-,13-/m0/s1. The number of hydrogen-bond acceptors (Lipinski definition) is 4. The van der Waals surface area contributed by atoms with Crippen molar-refractivity contribution in [1.29, 1.82) is 0 Å². The highest BCUT2D eigenvalue weighted by Crippen LogP contribution is 2.32. The summed E-state index contributed by atoms with van der Waals surface area (Å²) in [6, 6.07) is 10.5. The Labute approximate surface area is 139 Å². The number of rotatable bonds is 3. The van der Waals surface area contributed by atoms with Gasteiger partial charge in [0, 0.05) is 23.9 Å². The third-order valence-electron chi connectivity index (χ3n) is 4.11. The summed E-state index contributed by atoms with van der Waals surface area (Å²) >= 11 is 0. The summed E-state index contributed by atoms with van der Waals surface area (Å²) in [5, 5.41) is 11.0. The average molecular weight is 326 g/mol. The van der Waals surface area contributed by atoms with E-state index in [2.05, 4.69) is 0 Å². The molecule has 6 nitrogen and oxygen atoms in total. The van der Waals surface area contributed by atoms with E-state index in [0.29, 0.717) is 4.73 Å². The molecule has 1 aromatic carbocycles. The molecule has 124 valence electrons. The smallest absolute Gasteiger partial charge is 0.339 e. The lowest BCUT2D eigenvalue weighted by Gasteiger charge is -2.25. The van der Waals surface area contributed by atoms with Crippen molar-refractivity contribution >= 4 is 17.6 Å². The van der Waals surface area contributed by atoms with Gasteiger partial charge in [0.1, 0.15) is 0 Å². The molecule has 24 heavy (non-hydrogen) atoms. The second-order valence-electron chi connectivity index (χ2n) is 5.88. The van der Waals surface area contributed by atoms with Crippen LogP contribution in [-0.4, -0.2) is 24.0 Å². The Hall–Kier alpha value is -2.89. The highest BCUT2D eigenvalue weighted by Gasteiger charge is 2.34. The fourth-order valence-electron chi connectivity index (χ4n) is 2.93. The number of esters is 1. The highest BCUT2D eigenvalue weighted by atomic mass is 16.5. The molecule has 0 radical (unpaired) electrons. The molecular weight excluding hydrogens is 308 g/mol. The first-order chi connectivity index (χ1) is 11.5. The topological polar surface area (TPSA) is 73.5 Å². The normalized spacial score (nSPS) is 17.2. The third-order valence-corrected chi connectivity index (χ3v) is 4.11. The van der Waals surface area contributed by atoms with Gasteiger partial charge in [0.15, 0.2) is 18.5 Å². The maximum Gasteiger partial charge on any atom is 0.339 e. The number of aromatic nitrogens is 1. The minimum Gasteiger partial charge on any atom is -0.619 e. The van der Waals surface area contributed by atoms with Crippen LogP contribution in [0.3, 0.4) is 0 Å². The Morgan fingerprint density at radius 3 is 2.62 bits per heavy atom. The van der Waals surface area contributed by atoms with Crippen molar-refractivity contribution < 1.29 is 19.1 Å². The van der Waals surface area contributed by atoms with Crippen molar-refractivity contribution in [1.82, 2.24) is 0 Å². The van der Waals surface area contributed by atoms with Crippen LogP contribution >= 0.6 is 0 Å². The SMILES string of the molecule is C[C@H](OC(=O)c1cc[n+]([O-])cc1)C(=O)N1c2ccccc2C[C@@H]1C. The molecule has 0 unspecified atom stereocenters. The number of ether oxygens (including phenoxy) is 1. The summed E-state index contributed by atoms with van der Waals surface area (Å²) in [4.78, 5) is 26.5. The van der Waals surface area contributed by atoms with Gasteiger partial charge in [0.05, 0.1) is 5.56 Å². The van der Waals surface area contributed by atoms with Crippen LogP contribution in [0.15, 0.2) is 48.8 Å². The van der Waals surface area contributed by atoms with Crippen LogP contribution in [0.5, 0.6) is 0 Å². The van der Waals surface area contributed by atoms with Crippen LogP contribution in [0.25, 0.3) is 0 Å². The predicted octanol–water partition coefficient (Wildman–Crippen LogP) is 1.84. The van der Waals surface area contributed by atoms with E-state index < -0.39 is 12.1 Å². The molecular formula is C18H18N2O4. The zero-order valence-corrected chi connectivity index (χ0v) is 13.5. The van der Waals surface area contributed by atoms with Gasteiger partial charge in [-0.2, -0.15) is 4.73 Å². The molecule has 3 rings (SSSR count). The summed E-state index contributed by atoms with van der Waals surface area (Å²) in [6.45, 7) is 3.53. The number of pyridine rings is 1. The number of fused-ring (bicyclic) bond motifs is 1. The Bertz CT molecular complexity index is 773. The van der Waals surface area contributed by atoms with Crippen LogP contribution in [0.2, 0.25) is 0 Å². The Morgan fingerprint density at radius 2 is 1.92 bits per heavy atom. The van der Waals surface area contributed by atoms with E-state index in [1.165, 1.54) is 24.5 Å². The van der Waals surface area contributed by atoms with Crippen LogP contribution in [-0.2, 0) is 16.0 Å². The van der Waals surface area contributed by atoms with Crippen LogP contribution < -0.4 is 9.63 Å². The molecule has 0 N–H and O–H groups in total. The van der Waals surface area contributed by atoms with Gasteiger partial charge in [-0.3, -0.25) is 4.79 Å². The zero-order valence-electron chi connectivity index (χ0n) is 13.5. The number of hydrogen-bond donors (Lipinski definition) is 0. The van der Waals surface area contributed by atoms with Gasteiger partial charge < -0.3 is 14.8 Å². The maximum absolute atomic E-state index is 12.7. The quantitative estimate of drug-likeness (QED) is 0.490. The van der Waals surface area contributed by atoms with Crippen molar-refractivity contribution in [3.8, 4) is 0 Å². The maximum atomic E-state index is 12.7. The lowest BCUT2D eigenvalue weighted by Crippen LogP contribution is -2.43. The first-order valence-electron chi connectivity index (χ1n) is 7.78. The van der Waals surface area contributed by atoms with E-state index in [1.807, 2.05) is 31.2 Å².